The summed E-state index contributed by atoms with van der Waals surface area (Å²) in [6.07, 6.45) is 17.0. The van der Waals surface area contributed by atoms with Gasteiger partial charge in [-0.2, -0.15) is 8.78 Å². The molecule has 0 radical (unpaired) electrons. The Morgan fingerprint density at radius 2 is 1.37 bits per heavy atom. The van der Waals surface area contributed by atoms with Crippen molar-refractivity contribution in [3.8, 4) is 0 Å². The smallest absolute Gasteiger partial charge is 0.316 e. The molecular formula is C35H48F2O. The van der Waals surface area contributed by atoms with E-state index in [1.807, 2.05) is 12.1 Å². The molecule has 0 unspecified atom stereocenters. The van der Waals surface area contributed by atoms with Crippen LogP contribution >= 0.6 is 0 Å². The lowest BCUT2D eigenvalue weighted by Crippen LogP contribution is -2.20. The molecule has 2 fully saturated rings. The molecule has 2 aliphatic carbocycles. The van der Waals surface area contributed by atoms with E-state index >= 15 is 0 Å². The molecular weight excluding hydrogens is 474 g/mol. The van der Waals surface area contributed by atoms with Crippen molar-refractivity contribution in [2.24, 2.45) is 11.8 Å². The number of rotatable bonds is 12. The van der Waals surface area contributed by atoms with Gasteiger partial charge in [-0.1, -0.05) is 93.3 Å². The highest BCUT2D eigenvalue weighted by Crippen LogP contribution is 2.39. The van der Waals surface area contributed by atoms with Crippen LogP contribution in [0.5, 0.6) is 0 Å². The van der Waals surface area contributed by atoms with Crippen LogP contribution in [-0.2, 0) is 17.3 Å². The summed E-state index contributed by atoms with van der Waals surface area (Å²) in [5.41, 5.74) is 3.59. The van der Waals surface area contributed by atoms with Gasteiger partial charge in [-0.3, -0.25) is 0 Å². The van der Waals surface area contributed by atoms with E-state index in [2.05, 4.69) is 50.3 Å². The summed E-state index contributed by atoms with van der Waals surface area (Å²) in [6, 6.07) is 15.5. The summed E-state index contributed by atoms with van der Waals surface area (Å²) >= 11 is 0. The van der Waals surface area contributed by atoms with Gasteiger partial charge in [-0.15, -0.1) is 0 Å². The predicted molar refractivity (Wildman–Crippen MR) is 155 cm³/mol. The second kappa shape index (κ2) is 14.4. The van der Waals surface area contributed by atoms with Crippen LogP contribution in [0.2, 0.25) is 0 Å². The molecule has 2 aliphatic rings. The third kappa shape index (κ3) is 8.25. The first-order chi connectivity index (χ1) is 18.5. The van der Waals surface area contributed by atoms with Gasteiger partial charge < -0.3 is 4.74 Å². The van der Waals surface area contributed by atoms with Gasteiger partial charge in [0.25, 0.3) is 0 Å². The quantitative estimate of drug-likeness (QED) is 0.199. The third-order valence-electron chi connectivity index (χ3n) is 9.14. The van der Waals surface area contributed by atoms with E-state index < -0.39 is 6.11 Å². The number of allylic oxidation sites excluding steroid dienone is 2. The Bertz CT molecular complexity index is 962. The Morgan fingerprint density at radius 3 is 1.95 bits per heavy atom. The summed E-state index contributed by atoms with van der Waals surface area (Å²) in [5, 5.41) is 0. The minimum Gasteiger partial charge on any atom is -0.316 e. The third-order valence-corrected chi connectivity index (χ3v) is 9.14. The summed E-state index contributed by atoms with van der Waals surface area (Å²) in [6.45, 7) is 4.35. The standard InChI is InChI=1S/C35H48F2O/c1-3-5-6-8-28-11-17-30(18-12-28)31-19-13-29(14-20-31)25-26-38-35(36,37)34-23-21-33(22-24-34)32-15-9-27(7-4-2)10-16-32/h4,7,13-14,19-24,27-28,30,32H,3,5-6,8-12,15-18,25-26H2,1-2H3. The van der Waals surface area contributed by atoms with Crippen molar-refractivity contribution >= 4 is 0 Å². The van der Waals surface area contributed by atoms with Crippen LogP contribution in [0.4, 0.5) is 8.78 Å². The maximum Gasteiger partial charge on any atom is 0.383 e. The largest absolute Gasteiger partial charge is 0.383 e. The summed E-state index contributed by atoms with van der Waals surface area (Å²) in [4.78, 5) is 0. The Balaban J connectivity index is 1.20. The van der Waals surface area contributed by atoms with Gasteiger partial charge in [0.2, 0.25) is 0 Å². The second-order valence-electron chi connectivity index (χ2n) is 11.8. The molecule has 1 nitrogen and oxygen atoms in total. The zero-order valence-electron chi connectivity index (χ0n) is 23.6. The van der Waals surface area contributed by atoms with Gasteiger partial charge >= 0.3 is 6.11 Å². The first kappa shape index (κ1) is 29.0. The van der Waals surface area contributed by atoms with Gasteiger partial charge in [-0.05, 0) is 105 Å². The van der Waals surface area contributed by atoms with E-state index in [1.165, 1.54) is 75.3 Å². The Morgan fingerprint density at radius 1 is 0.789 bits per heavy atom. The monoisotopic (exact) mass is 522 g/mol. The van der Waals surface area contributed by atoms with Crippen LogP contribution in [0, 0.1) is 11.8 Å². The molecule has 3 heteroatoms. The van der Waals surface area contributed by atoms with E-state index in [4.69, 9.17) is 4.74 Å². The van der Waals surface area contributed by atoms with Crippen LogP contribution in [0.15, 0.2) is 60.7 Å². The molecule has 0 bridgehead atoms. The van der Waals surface area contributed by atoms with Crippen molar-refractivity contribution in [2.75, 3.05) is 6.61 Å². The fraction of sp³-hybridized carbons (Fsp3) is 0.600. The lowest BCUT2D eigenvalue weighted by molar-refractivity contribution is -0.248. The molecule has 0 N–H and O–H groups in total. The van der Waals surface area contributed by atoms with Gasteiger partial charge in [0.1, 0.15) is 0 Å². The number of hydrogen-bond donors (Lipinski definition) is 0. The molecule has 0 aromatic heterocycles. The zero-order chi connectivity index (χ0) is 26.8. The van der Waals surface area contributed by atoms with Gasteiger partial charge in [-0.25, -0.2) is 0 Å². The average Bonchev–Trinajstić information content (AvgIpc) is 2.95. The van der Waals surface area contributed by atoms with E-state index in [0.29, 0.717) is 24.2 Å². The van der Waals surface area contributed by atoms with Gasteiger partial charge in [0.15, 0.2) is 0 Å². The summed E-state index contributed by atoms with van der Waals surface area (Å²) < 4.78 is 34.7. The fourth-order valence-electron chi connectivity index (χ4n) is 6.67. The highest BCUT2D eigenvalue weighted by Gasteiger charge is 2.33. The maximum atomic E-state index is 14.8. The van der Waals surface area contributed by atoms with Crippen molar-refractivity contribution in [1.29, 1.82) is 0 Å². The number of hydrogen-bond acceptors (Lipinski definition) is 1. The molecule has 0 heterocycles. The van der Waals surface area contributed by atoms with E-state index in [1.54, 1.807) is 12.1 Å². The number of unbranched alkanes of at least 4 members (excludes halogenated alkanes) is 2. The number of ether oxygens (including phenoxy) is 1. The lowest BCUT2D eigenvalue weighted by Gasteiger charge is -2.29. The SMILES string of the molecule is CC=CC1CCC(c2ccc(C(F)(F)OCCc3ccc(C4CCC(CCCCC)CC4)cc3)cc2)CC1. The summed E-state index contributed by atoms with van der Waals surface area (Å²) in [7, 11) is 0. The topological polar surface area (TPSA) is 9.23 Å². The first-order valence-corrected chi connectivity index (χ1v) is 15.3. The van der Waals surface area contributed by atoms with E-state index in [9.17, 15) is 8.78 Å². The van der Waals surface area contributed by atoms with Crippen LogP contribution < -0.4 is 0 Å². The van der Waals surface area contributed by atoms with E-state index in [-0.39, 0.29) is 12.2 Å². The van der Waals surface area contributed by atoms with Gasteiger partial charge in [0.05, 0.1) is 12.2 Å². The molecule has 38 heavy (non-hydrogen) atoms. The number of alkyl halides is 2. The summed E-state index contributed by atoms with van der Waals surface area (Å²) in [5.74, 6) is 2.71. The van der Waals surface area contributed by atoms with Gasteiger partial charge in [0, 0.05) is 0 Å². The Labute approximate surface area is 230 Å². The highest BCUT2D eigenvalue weighted by atomic mass is 19.3. The second-order valence-corrected chi connectivity index (χ2v) is 11.8. The lowest BCUT2D eigenvalue weighted by atomic mass is 9.77. The molecule has 0 atom stereocenters. The number of benzene rings is 2. The Hall–Kier alpha value is -2.00. The Kier molecular flexibility index (Phi) is 11.0. The predicted octanol–water partition coefficient (Wildman–Crippen LogP) is 10.7. The molecule has 4 rings (SSSR count). The van der Waals surface area contributed by atoms with Crippen LogP contribution in [0.25, 0.3) is 0 Å². The number of halogens is 2. The normalized spacial score (nSPS) is 24.6. The molecule has 208 valence electrons. The van der Waals surface area contributed by atoms with Crippen molar-refractivity contribution in [3.63, 3.8) is 0 Å². The van der Waals surface area contributed by atoms with Crippen molar-refractivity contribution < 1.29 is 13.5 Å². The van der Waals surface area contributed by atoms with Crippen molar-refractivity contribution in [2.45, 2.75) is 115 Å². The minimum atomic E-state index is -3.27. The molecule has 0 amide bonds. The minimum absolute atomic E-state index is 0.00588. The fourth-order valence-corrected chi connectivity index (χ4v) is 6.67. The molecule has 0 aliphatic heterocycles. The van der Waals surface area contributed by atoms with Crippen LogP contribution in [-0.4, -0.2) is 6.61 Å². The molecule has 2 aromatic carbocycles. The highest BCUT2D eigenvalue weighted by molar-refractivity contribution is 5.28. The van der Waals surface area contributed by atoms with E-state index in [0.717, 1.165) is 24.3 Å². The molecule has 2 saturated carbocycles. The van der Waals surface area contributed by atoms with Crippen molar-refractivity contribution in [3.05, 3.63) is 82.9 Å². The zero-order valence-corrected chi connectivity index (χ0v) is 23.6. The van der Waals surface area contributed by atoms with Crippen LogP contribution in [0.1, 0.15) is 125 Å². The molecule has 2 aromatic rings. The maximum absolute atomic E-state index is 14.8. The van der Waals surface area contributed by atoms with Crippen LogP contribution in [0.3, 0.4) is 0 Å². The molecule has 0 saturated heterocycles. The molecule has 0 spiro atoms. The average molecular weight is 523 g/mol. The van der Waals surface area contributed by atoms with Crippen molar-refractivity contribution in [1.82, 2.24) is 0 Å². The first-order valence-electron chi connectivity index (χ1n) is 15.3.